The van der Waals surface area contributed by atoms with E-state index in [1.54, 1.807) is 7.11 Å². The number of rotatable bonds is 11. The highest BCUT2D eigenvalue weighted by Crippen LogP contribution is 2.43. The lowest BCUT2D eigenvalue weighted by Gasteiger charge is -2.42. The van der Waals surface area contributed by atoms with Crippen LogP contribution in [0, 0.1) is 5.41 Å². The second kappa shape index (κ2) is 12.3. The van der Waals surface area contributed by atoms with Crippen LogP contribution in [-0.2, 0) is 27.4 Å². The topological polar surface area (TPSA) is 64.1 Å². The molecule has 30 heavy (non-hydrogen) atoms. The minimum atomic E-state index is 0.333. The first-order valence-electron chi connectivity index (χ1n) is 11.5. The number of hydrogen-bond donors (Lipinski definition) is 2. The number of aliphatic imine (C=N–C) groups is 1. The van der Waals surface area contributed by atoms with E-state index < -0.39 is 0 Å². The van der Waals surface area contributed by atoms with E-state index in [-0.39, 0.29) is 0 Å². The maximum atomic E-state index is 6.01. The van der Waals surface area contributed by atoms with Gasteiger partial charge in [0.1, 0.15) is 0 Å². The first-order valence-corrected chi connectivity index (χ1v) is 11.5. The summed E-state index contributed by atoms with van der Waals surface area (Å²) in [5, 5.41) is 6.94. The molecule has 1 aliphatic carbocycles. The SMILES string of the molecule is CCNC(=NCc1ccc(COC2CCOCC2)cc1)NCC1(CCOC)CCC1. The molecular weight excluding hydrogens is 378 g/mol. The number of guanidine groups is 1. The summed E-state index contributed by atoms with van der Waals surface area (Å²) >= 11 is 0. The van der Waals surface area contributed by atoms with Crippen molar-refractivity contribution in [3.05, 3.63) is 35.4 Å². The van der Waals surface area contributed by atoms with Gasteiger partial charge < -0.3 is 24.8 Å². The van der Waals surface area contributed by atoms with E-state index in [1.165, 1.54) is 30.4 Å². The van der Waals surface area contributed by atoms with Crippen molar-refractivity contribution < 1.29 is 14.2 Å². The molecule has 0 atom stereocenters. The number of benzene rings is 1. The average Bonchev–Trinajstić information content (AvgIpc) is 2.76. The number of ether oxygens (including phenoxy) is 3. The average molecular weight is 418 g/mol. The van der Waals surface area contributed by atoms with Crippen molar-refractivity contribution >= 4 is 5.96 Å². The first-order chi connectivity index (χ1) is 14.7. The third kappa shape index (κ3) is 7.25. The minimum absolute atomic E-state index is 0.333. The first kappa shape index (κ1) is 23.0. The van der Waals surface area contributed by atoms with Gasteiger partial charge in [0, 0.05) is 40.0 Å². The van der Waals surface area contributed by atoms with E-state index >= 15 is 0 Å². The summed E-state index contributed by atoms with van der Waals surface area (Å²) in [6, 6.07) is 8.61. The maximum Gasteiger partial charge on any atom is 0.191 e. The number of hydrogen-bond acceptors (Lipinski definition) is 4. The molecule has 1 saturated carbocycles. The van der Waals surface area contributed by atoms with Crippen molar-refractivity contribution in [1.82, 2.24) is 10.6 Å². The Morgan fingerprint density at radius 3 is 2.50 bits per heavy atom. The standard InChI is InChI=1S/C24H39N3O3/c1-3-25-23(27-19-24(11-4-12-24)13-16-28-2)26-17-20-5-7-21(8-6-20)18-30-22-9-14-29-15-10-22/h5-8,22H,3-4,9-19H2,1-2H3,(H2,25,26,27). The Bertz CT molecular complexity index is 638. The summed E-state index contributed by atoms with van der Waals surface area (Å²) in [5.74, 6) is 0.896. The van der Waals surface area contributed by atoms with Crippen molar-refractivity contribution in [2.75, 3.05) is 40.0 Å². The van der Waals surface area contributed by atoms with Gasteiger partial charge >= 0.3 is 0 Å². The molecular formula is C24H39N3O3. The van der Waals surface area contributed by atoms with Crippen LogP contribution in [0.1, 0.15) is 56.6 Å². The van der Waals surface area contributed by atoms with Gasteiger partial charge in [0.15, 0.2) is 5.96 Å². The van der Waals surface area contributed by atoms with Crippen LogP contribution in [0.5, 0.6) is 0 Å². The van der Waals surface area contributed by atoms with Gasteiger partial charge in [-0.15, -0.1) is 0 Å². The zero-order chi connectivity index (χ0) is 21.1. The van der Waals surface area contributed by atoms with E-state index in [0.29, 0.717) is 24.7 Å². The number of nitrogens with zero attached hydrogens (tertiary/aromatic N) is 1. The van der Waals surface area contributed by atoms with Crippen molar-refractivity contribution in [1.29, 1.82) is 0 Å². The maximum absolute atomic E-state index is 6.01. The lowest BCUT2D eigenvalue weighted by atomic mass is 9.67. The Morgan fingerprint density at radius 1 is 1.13 bits per heavy atom. The van der Waals surface area contributed by atoms with Gasteiger partial charge in [0.2, 0.25) is 0 Å². The zero-order valence-corrected chi connectivity index (χ0v) is 18.8. The molecule has 0 bridgehead atoms. The van der Waals surface area contributed by atoms with E-state index in [1.807, 2.05) is 0 Å². The summed E-state index contributed by atoms with van der Waals surface area (Å²) in [5.41, 5.74) is 2.79. The molecule has 0 radical (unpaired) electrons. The van der Waals surface area contributed by atoms with Crippen LogP contribution in [0.2, 0.25) is 0 Å². The molecule has 1 aliphatic heterocycles. The van der Waals surface area contributed by atoms with E-state index in [9.17, 15) is 0 Å². The molecule has 1 heterocycles. The van der Waals surface area contributed by atoms with Crippen molar-refractivity contribution in [3.8, 4) is 0 Å². The van der Waals surface area contributed by atoms with Crippen molar-refractivity contribution in [3.63, 3.8) is 0 Å². The lowest BCUT2D eigenvalue weighted by molar-refractivity contribution is -0.0390. The van der Waals surface area contributed by atoms with Gasteiger partial charge in [-0.05, 0) is 55.6 Å². The fourth-order valence-electron chi connectivity index (χ4n) is 4.09. The Morgan fingerprint density at radius 2 is 1.87 bits per heavy atom. The molecule has 3 rings (SSSR count). The van der Waals surface area contributed by atoms with Crippen molar-refractivity contribution in [2.45, 2.75) is 64.7 Å². The second-order valence-electron chi connectivity index (χ2n) is 8.58. The summed E-state index contributed by atoms with van der Waals surface area (Å²) in [6.07, 6.45) is 7.33. The fourth-order valence-corrected chi connectivity index (χ4v) is 4.09. The molecule has 2 aliphatic rings. The monoisotopic (exact) mass is 417 g/mol. The quantitative estimate of drug-likeness (QED) is 0.425. The van der Waals surface area contributed by atoms with E-state index in [2.05, 4.69) is 41.8 Å². The van der Waals surface area contributed by atoms with Crippen LogP contribution in [0.15, 0.2) is 29.3 Å². The van der Waals surface area contributed by atoms with Gasteiger partial charge in [-0.1, -0.05) is 30.7 Å². The molecule has 6 nitrogen and oxygen atoms in total. The molecule has 0 spiro atoms. The highest BCUT2D eigenvalue weighted by Gasteiger charge is 2.36. The summed E-state index contributed by atoms with van der Waals surface area (Å²) in [4.78, 5) is 4.79. The van der Waals surface area contributed by atoms with Gasteiger partial charge in [0.05, 0.1) is 19.3 Å². The highest BCUT2D eigenvalue weighted by atomic mass is 16.5. The molecule has 2 fully saturated rings. The minimum Gasteiger partial charge on any atom is -0.385 e. The molecule has 1 aromatic rings. The van der Waals surface area contributed by atoms with Gasteiger partial charge in [-0.25, -0.2) is 4.99 Å². The lowest BCUT2D eigenvalue weighted by Crippen LogP contribution is -2.46. The second-order valence-corrected chi connectivity index (χ2v) is 8.58. The van der Waals surface area contributed by atoms with Crippen LogP contribution in [-0.4, -0.2) is 52.1 Å². The van der Waals surface area contributed by atoms with Gasteiger partial charge in [-0.2, -0.15) is 0 Å². The van der Waals surface area contributed by atoms with Crippen LogP contribution < -0.4 is 10.6 Å². The summed E-state index contributed by atoms with van der Waals surface area (Å²) in [7, 11) is 1.79. The van der Waals surface area contributed by atoms with Crippen molar-refractivity contribution in [2.24, 2.45) is 10.4 Å². The summed E-state index contributed by atoms with van der Waals surface area (Å²) in [6.45, 7) is 7.73. The number of methoxy groups -OCH3 is 1. The van der Waals surface area contributed by atoms with Gasteiger partial charge in [-0.3, -0.25) is 0 Å². The fraction of sp³-hybridized carbons (Fsp3) is 0.708. The predicted octanol–water partition coefficient (Wildman–Crippen LogP) is 3.64. The molecule has 0 amide bonds. The Hall–Kier alpha value is -1.63. The molecule has 2 N–H and O–H groups in total. The number of nitrogens with one attached hydrogen (secondary N) is 2. The summed E-state index contributed by atoms with van der Waals surface area (Å²) < 4.78 is 16.7. The molecule has 0 aromatic heterocycles. The van der Waals surface area contributed by atoms with E-state index in [0.717, 1.165) is 58.1 Å². The highest BCUT2D eigenvalue weighted by molar-refractivity contribution is 5.79. The zero-order valence-electron chi connectivity index (χ0n) is 18.8. The smallest absolute Gasteiger partial charge is 0.191 e. The van der Waals surface area contributed by atoms with Gasteiger partial charge in [0.25, 0.3) is 0 Å². The van der Waals surface area contributed by atoms with Crippen LogP contribution in [0.25, 0.3) is 0 Å². The molecule has 168 valence electrons. The molecule has 6 heteroatoms. The Labute approximate surface area is 181 Å². The van der Waals surface area contributed by atoms with Crippen LogP contribution in [0.4, 0.5) is 0 Å². The normalized spacial score (nSPS) is 19.3. The Balaban J connectivity index is 1.46. The predicted molar refractivity (Wildman–Crippen MR) is 121 cm³/mol. The third-order valence-corrected chi connectivity index (χ3v) is 6.32. The molecule has 0 unspecified atom stereocenters. The third-order valence-electron chi connectivity index (χ3n) is 6.32. The van der Waals surface area contributed by atoms with E-state index in [4.69, 9.17) is 19.2 Å². The largest absolute Gasteiger partial charge is 0.385 e. The molecule has 1 saturated heterocycles. The molecule has 1 aromatic carbocycles. The van der Waals surface area contributed by atoms with Crippen LogP contribution >= 0.6 is 0 Å². The Kier molecular flexibility index (Phi) is 9.43. The van der Waals surface area contributed by atoms with Crippen LogP contribution in [0.3, 0.4) is 0 Å².